The predicted molar refractivity (Wildman–Crippen MR) is 226 cm³/mol. The number of rotatable bonds is 38. The summed E-state index contributed by atoms with van der Waals surface area (Å²) in [5.74, 6) is -2.47. The highest BCUT2D eigenvalue weighted by Gasteiger charge is 2.28. The van der Waals surface area contributed by atoms with Crippen LogP contribution in [0.4, 0.5) is 0 Å². The second kappa shape index (κ2) is 38.8. The number of carboxylic acid groups (broad SMARTS) is 1. The second-order valence-electron chi connectivity index (χ2n) is 13.8. The molecular weight excluding hydrogens is 733 g/mol. The Balaban J connectivity index is 4.51. The molecule has 320 valence electrons. The highest BCUT2D eigenvalue weighted by Crippen LogP contribution is 2.43. The van der Waals surface area contributed by atoms with Crippen molar-refractivity contribution in [3.05, 3.63) is 72.9 Å². The van der Waals surface area contributed by atoms with Gasteiger partial charge in [-0.1, -0.05) is 125 Å². The van der Waals surface area contributed by atoms with Crippen molar-refractivity contribution in [1.29, 1.82) is 0 Å². The van der Waals surface area contributed by atoms with Gasteiger partial charge in [-0.3, -0.25) is 23.4 Å². The van der Waals surface area contributed by atoms with Crippen LogP contribution in [0.2, 0.25) is 0 Å². The third kappa shape index (κ3) is 37.8. The largest absolute Gasteiger partial charge is 0.480 e. The number of carbonyl (C=O) groups excluding carboxylic acids is 2. The molecule has 0 spiro atoms. The van der Waals surface area contributed by atoms with E-state index in [1.165, 1.54) is 38.5 Å². The van der Waals surface area contributed by atoms with E-state index in [0.717, 1.165) is 77.0 Å². The molecule has 12 heteroatoms. The summed E-state index contributed by atoms with van der Waals surface area (Å²) in [5, 5.41) is 8.88. The van der Waals surface area contributed by atoms with Gasteiger partial charge in [0.1, 0.15) is 12.6 Å². The lowest BCUT2D eigenvalue weighted by Crippen LogP contribution is -2.34. The van der Waals surface area contributed by atoms with E-state index in [0.29, 0.717) is 12.8 Å². The monoisotopic (exact) mass is 808 g/mol. The molecule has 0 aromatic carbocycles. The fourth-order valence-electron chi connectivity index (χ4n) is 5.08. The zero-order valence-corrected chi connectivity index (χ0v) is 35.3. The number of carboxylic acids is 1. The minimum atomic E-state index is -4.73. The van der Waals surface area contributed by atoms with E-state index in [-0.39, 0.29) is 19.4 Å². The van der Waals surface area contributed by atoms with Crippen molar-refractivity contribution in [2.45, 2.75) is 167 Å². The molecule has 0 fully saturated rings. The minimum absolute atomic E-state index is 0.103. The molecule has 0 saturated carbocycles. The molecular formula is C44H74NO10P. The van der Waals surface area contributed by atoms with Gasteiger partial charge in [-0.05, 0) is 89.9 Å². The van der Waals surface area contributed by atoms with Crippen molar-refractivity contribution in [2.24, 2.45) is 5.73 Å². The molecule has 56 heavy (non-hydrogen) atoms. The molecule has 0 aliphatic carbocycles. The van der Waals surface area contributed by atoms with Crippen LogP contribution < -0.4 is 5.73 Å². The zero-order valence-electron chi connectivity index (χ0n) is 34.4. The van der Waals surface area contributed by atoms with E-state index in [9.17, 15) is 23.8 Å². The molecule has 3 atom stereocenters. The van der Waals surface area contributed by atoms with Crippen LogP contribution in [-0.4, -0.2) is 59.9 Å². The van der Waals surface area contributed by atoms with Gasteiger partial charge in [0.25, 0.3) is 0 Å². The molecule has 1 unspecified atom stereocenters. The molecule has 0 radical (unpaired) electrons. The van der Waals surface area contributed by atoms with E-state index in [2.05, 4.69) is 91.3 Å². The van der Waals surface area contributed by atoms with Gasteiger partial charge in [0.15, 0.2) is 6.10 Å². The number of phosphoric acid groups is 1. The number of ether oxygens (including phenoxy) is 2. The summed E-state index contributed by atoms with van der Waals surface area (Å²) in [5.41, 5.74) is 5.32. The normalized spacial score (nSPS) is 14.5. The average molecular weight is 808 g/mol. The Labute approximate surface area is 338 Å². The van der Waals surface area contributed by atoms with Crippen molar-refractivity contribution in [1.82, 2.24) is 0 Å². The van der Waals surface area contributed by atoms with Gasteiger partial charge in [-0.15, -0.1) is 0 Å². The standard InChI is InChI=1S/C44H74NO10P/c1-3-5-7-9-11-13-15-17-19-20-22-23-25-27-29-31-33-35-42(46)52-37-40(38-53-56(50,51)54-39-41(45)44(48)49)55-43(47)36-34-32-30-28-26-24-21-18-16-14-12-10-8-6-4-2/h11-14,17-19,21-23,26,28,40-41H,3-10,15-16,20,24-25,27,29-39,45H2,1-2H3,(H,48,49)(H,50,51)/b13-11-,14-12-,19-17-,21-18-,23-22-,28-26-/t40-,41+/m1/s1. The number of phosphoric ester groups is 1. The second-order valence-corrected chi connectivity index (χ2v) is 15.2. The van der Waals surface area contributed by atoms with Gasteiger partial charge in [-0.2, -0.15) is 0 Å². The molecule has 0 aromatic heterocycles. The highest BCUT2D eigenvalue weighted by atomic mass is 31.2. The molecule has 0 saturated heterocycles. The zero-order chi connectivity index (χ0) is 41.4. The first kappa shape index (κ1) is 52.9. The first-order chi connectivity index (χ1) is 27.1. The van der Waals surface area contributed by atoms with E-state index >= 15 is 0 Å². The third-order valence-electron chi connectivity index (χ3n) is 8.43. The van der Waals surface area contributed by atoms with Crippen molar-refractivity contribution >= 4 is 25.7 Å². The number of esters is 2. The quantitative estimate of drug-likeness (QED) is 0.0235. The summed E-state index contributed by atoms with van der Waals surface area (Å²) >= 11 is 0. The topological polar surface area (TPSA) is 172 Å². The number of carbonyl (C=O) groups is 3. The van der Waals surface area contributed by atoms with Crippen molar-refractivity contribution in [3.63, 3.8) is 0 Å². The lowest BCUT2D eigenvalue weighted by Gasteiger charge is -2.20. The number of hydrogen-bond donors (Lipinski definition) is 3. The van der Waals surface area contributed by atoms with Crippen LogP contribution in [0, 0.1) is 0 Å². The van der Waals surface area contributed by atoms with Crippen molar-refractivity contribution < 1.29 is 47.5 Å². The van der Waals surface area contributed by atoms with Crippen molar-refractivity contribution in [2.75, 3.05) is 19.8 Å². The molecule has 0 bridgehead atoms. The maximum Gasteiger partial charge on any atom is 0.472 e. The predicted octanol–water partition coefficient (Wildman–Crippen LogP) is 10.9. The minimum Gasteiger partial charge on any atom is -0.480 e. The van der Waals surface area contributed by atoms with Gasteiger partial charge in [0.05, 0.1) is 13.2 Å². The average Bonchev–Trinajstić information content (AvgIpc) is 3.17. The Kier molecular flexibility index (Phi) is 36.6. The Morgan fingerprint density at radius 2 is 0.946 bits per heavy atom. The van der Waals surface area contributed by atoms with Gasteiger partial charge < -0.3 is 25.2 Å². The summed E-state index contributed by atoms with van der Waals surface area (Å²) < 4.78 is 32.6. The Hall–Kier alpha value is -3.08. The van der Waals surface area contributed by atoms with Crippen LogP contribution in [0.15, 0.2) is 72.9 Å². The summed E-state index contributed by atoms with van der Waals surface area (Å²) in [7, 11) is -4.73. The molecule has 0 amide bonds. The maximum absolute atomic E-state index is 12.6. The highest BCUT2D eigenvalue weighted by molar-refractivity contribution is 7.47. The van der Waals surface area contributed by atoms with E-state index in [4.69, 9.17) is 24.8 Å². The summed E-state index contributed by atoms with van der Waals surface area (Å²) in [6.45, 7) is 2.66. The van der Waals surface area contributed by atoms with Crippen molar-refractivity contribution in [3.8, 4) is 0 Å². The molecule has 0 aromatic rings. The molecule has 0 heterocycles. The number of unbranched alkanes of at least 4 members (excludes halogenated alkanes) is 12. The summed E-state index contributed by atoms with van der Waals surface area (Å²) in [4.78, 5) is 45.9. The SMILES string of the molecule is CCCCC/C=C\C/C=C\C/C=C\CCCCCCC(=O)OC[C@H](COP(=O)(O)OC[C@H](N)C(=O)O)OC(=O)CCCC/C=C\C/C=C\C/C=C\CCCCC. The van der Waals surface area contributed by atoms with Gasteiger partial charge in [0, 0.05) is 12.8 Å². The van der Waals surface area contributed by atoms with E-state index in [1.807, 2.05) is 0 Å². The summed E-state index contributed by atoms with van der Waals surface area (Å²) in [6, 6.07) is -1.53. The van der Waals surface area contributed by atoms with Gasteiger partial charge in [0.2, 0.25) is 0 Å². The van der Waals surface area contributed by atoms with Crippen LogP contribution in [0.3, 0.4) is 0 Å². The van der Waals surface area contributed by atoms with Crippen LogP contribution in [0.5, 0.6) is 0 Å². The third-order valence-corrected chi connectivity index (χ3v) is 9.38. The van der Waals surface area contributed by atoms with Gasteiger partial charge in [-0.25, -0.2) is 4.57 Å². The number of nitrogens with two attached hydrogens (primary N) is 1. The number of aliphatic carboxylic acids is 1. The molecule has 11 nitrogen and oxygen atoms in total. The first-order valence-electron chi connectivity index (χ1n) is 21.0. The number of allylic oxidation sites excluding steroid dienone is 12. The molecule has 0 rings (SSSR count). The van der Waals surface area contributed by atoms with Crippen LogP contribution in [-0.2, 0) is 37.5 Å². The first-order valence-corrected chi connectivity index (χ1v) is 22.5. The van der Waals surface area contributed by atoms with E-state index in [1.54, 1.807) is 0 Å². The molecule has 0 aliphatic rings. The molecule has 4 N–H and O–H groups in total. The molecule has 0 aliphatic heterocycles. The Morgan fingerprint density at radius 1 is 0.554 bits per heavy atom. The number of hydrogen-bond acceptors (Lipinski definition) is 9. The van der Waals surface area contributed by atoms with Crippen LogP contribution in [0.1, 0.15) is 155 Å². The van der Waals surface area contributed by atoms with Crippen LogP contribution >= 0.6 is 7.82 Å². The fourth-order valence-corrected chi connectivity index (χ4v) is 5.85. The van der Waals surface area contributed by atoms with Gasteiger partial charge >= 0.3 is 25.7 Å². The van der Waals surface area contributed by atoms with Crippen LogP contribution in [0.25, 0.3) is 0 Å². The fraction of sp³-hybridized carbons (Fsp3) is 0.659. The van der Waals surface area contributed by atoms with E-state index < -0.39 is 51.1 Å². The smallest absolute Gasteiger partial charge is 0.472 e. The Morgan fingerprint density at radius 3 is 1.43 bits per heavy atom. The summed E-state index contributed by atoms with van der Waals surface area (Å²) in [6.07, 6.45) is 45.4. The lowest BCUT2D eigenvalue weighted by molar-refractivity contribution is -0.161. The Bertz CT molecular complexity index is 1230. The lowest BCUT2D eigenvalue weighted by atomic mass is 10.1. The maximum atomic E-state index is 12.6.